The first-order valence-electron chi connectivity index (χ1n) is 17.1. The van der Waals surface area contributed by atoms with E-state index in [0.29, 0.717) is 0 Å². The Morgan fingerprint density at radius 3 is 1.64 bits per heavy atom. The third-order valence-electron chi connectivity index (χ3n) is 10.7. The molecule has 0 saturated carbocycles. The van der Waals surface area contributed by atoms with Crippen molar-refractivity contribution in [3.05, 3.63) is 192 Å². The molecule has 9 aromatic rings. The van der Waals surface area contributed by atoms with Gasteiger partial charge in [-0.1, -0.05) is 152 Å². The van der Waals surface area contributed by atoms with Crippen molar-refractivity contribution in [2.45, 2.75) is 5.41 Å². The summed E-state index contributed by atoms with van der Waals surface area (Å²) >= 11 is 1.89. The van der Waals surface area contributed by atoms with Gasteiger partial charge >= 0.3 is 0 Å². The Labute approximate surface area is 294 Å². The minimum absolute atomic E-state index is 0.468. The Morgan fingerprint density at radius 1 is 0.400 bits per heavy atom. The molecular weight excluding hydrogens is 625 g/mol. The predicted molar refractivity (Wildman–Crippen MR) is 208 cm³/mol. The third kappa shape index (κ3) is 3.67. The molecule has 1 unspecified atom stereocenters. The van der Waals surface area contributed by atoms with E-state index in [4.69, 9.17) is 9.97 Å². The van der Waals surface area contributed by atoms with Gasteiger partial charge in [-0.3, -0.25) is 0 Å². The number of fused-ring (bicyclic) bond motifs is 14. The van der Waals surface area contributed by atoms with Crippen molar-refractivity contribution in [3.63, 3.8) is 0 Å². The lowest BCUT2D eigenvalue weighted by Crippen LogP contribution is -2.25. The van der Waals surface area contributed by atoms with Gasteiger partial charge in [-0.05, 0) is 62.7 Å². The summed E-state index contributed by atoms with van der Waals surface area (Å²) in [6, 6.07) is 61.5. The zero-order chi connectivity index (χ0) is 32.8. The summed E-state index contributed by atoms with van der Waals surface area (Å²) in [6.45, 7) is 0. The van der Waals surface area contributed by atoms with Gasteiger partial charge < -0.3 is 0 Å². The fraction of sp³-hybridized carbons (Fsp3) is 0.0213. The zero-order valence-corrected chi connectivity index (χ0v) is 27.8. The van der Waals surface area contributed by atoms with Crippen LogP contribution in [0.4, 0.5) is 0 Å². The van der Waals surface area contributed by atoms with Gasteiger partial charge in [-0.15, -0.1) is 11.3 Å². The smallest absolute Gasteiger partial charge is 0.161 e. The number of rotatable bonds is 3. The summed E-state index contributed by atoms with van der Waals surface area (Å²) in [6.07, 6.45) is 0. The van der Waals surface area contributed by atoms with E-state index in [9.17, 15) is 0 Å². The first-order chi connectivity index (χ1) is 24.8. The topological polar surface area (TPSA) is 25.8 Å². The van der Waals surface area contributed by atoms with Gasteiger partial charge in [0.25, 0.3) is 0 Å². The summed E-state index contributed by atoms with van der Waals surface area (Å²) in [5, 5.41) is 2.69. The van der Waals surface area contributed by atoms with E-state index in [1.165, 1.54) is 64.7 Å². The molecule has 1 atom stereocenters. The maximum atomic E-state index is 5.31. The fourth-order valence-electron chi connectivity index (χ4n) is 8.76. The summed E-state index contributed by atoms with van der Waals surface area (Å²) in [5.41, 5.74) is 15.0. The molecule has 0 saturated heterocycles. The van der Waals surface area contributed by atoms with Gasteiger partial charge in [0.2, 0.25) is 0 Å². The molecule has 0 amide bonds. The summed E-state index contributed by atoms with van der Waals surface area (Å²) in [7, 11) is 0. The van der Waals surface area contributed by atoms with Gasteiger partial charge in [0.05, 0.1) is 16.8 Å². The highest BCUT2D eigenvalue weighted by Gasteiger charge is 2.52. The van der Waals surface area contributed by atoms with Crippen LogP contribution in [0.5, 0.6) is 0 Å². The average molecular weight is 653 g/mol. The van der Waals surface area contributed by atoms with Crippen molar-refractivity contribution in [2.24, 2.45) is 0 Å². The molecular formula is C47H28N2S. The van der Waals surface area contributed by atoms with Crippen molar-refractivity contribution in [3.8, 4) is 56.2 Å². The second kappa shape index (κ2) is 10.4. The van der Waals surface area contributed by atoms with Gasteiger partial charge in [-0.2, -0.15) is 0 Å². The van der Waals surface area contributed by atoms with Crippen molar-refractivity contribution < 1.29 is 0 Å². The molecule has 11 rings (SSSR count). The van der Waals surface area contributed by atoms with E-state index in [0.717, 1.165) is 33.9 Å². The molecule has 232 valence electrons. The highest BCUT2D eigenvalue weighted by atomic mass is 32.1. The van der Waals surface area contributed by atoms with Crippen molar-refractivity contribution in [2.75, 3.05) is 0 Å². The Bertz CT molecular complexity index is 2760. The molecule has 0 radical (unpaired) electrons. The maximum absolute atomic E-state index is 5.31. The maximum Gasteiger partial charge on any atom is 0.161 e. The van der Waals surface area contributed by atoms with Crippen LogP contribution in [-0.4, -0.2) is 9.97 Å². The highest BCUT2D eigenvalue weighted by Crippen LogP contribution is 2.65. The molecule has 7 aromatic carbocycles. The van der Waals surface area contributed by atoms with Gasteiger partial charge in [0, 0.05) is 36.9 Å². The normalized spacial score (nSPS) is 15.3. The summed E-state index contributed by atoms with van der Waals surface area (Å²) < 4.78 is 2.66. The van der Waals surface area contributed by atoms with E-state index in [1.54, 1.807) is 0 Å². The molecule has 0 fully saturated rings. The number of aromatic nitrogens is 2. The Morgan fingerprint density at radius 2 is 0.940 bits per heavy atom. The minimum Gasteiger partial charge on any atom is -0.228 e. The van der Waals surface area contributed by atoms with E-state index < -0.39 is 5.41 Å². The van der Waals surface area contributed by atoms with E-state index in [-0.39, 0.29) is 0 Å². The predicted octanol–water partition coefficient (Wildman–Crippen LogP) is 12.2. The third-order valence-corrected chi connectivity index (χ3v) is 11.9. The number of hydrogen-bond acceptors (Lipinski definition) is 3. The van der Waals surface area contributed by atoms with Crippen LogP contribution in [0.15, 0.2) is 170 Å². The number of nitrogens with zero attached hydrogens (tertiary/aromatic N) is 2. The van der Waals surface area contributed by atoms with Crippen LogP contribution >= 0.6 is 11.3 Å². The molecule has 0 aliphatic heterocycles. The Kier molecular flexibility index (Phi) is 5.78. The molecule has 1 spiro atoms. The van der Waals surface area contributed by atoms with E-state index in [2.05, 4.69) is 158 Å². The summed E-state index contributed by atoms with van der Waals surface area (Å²) in [5.74, 6) is 0.736. The van der Waals surface area contributed by atoms with E-state index in [1.807, 2.05) is 23.5 Å². The van der Waals surface area contributed by atoms with E-state index >= 15 is 0 Å². The van der Waals surface area contributed by atoms with Gasteiger partial charge in [-0.25, -0.2) is 9.97 Å². The second-order valence-electron chi connectivity index (χ2n) is 13.2. The first kappa shape index (κ1) is 27.8. The van der Waals surface area contributed by atoms with Crippen molar-refractivity contribution in [1.29, 1.82) is 0 Å². The molecule has 50 heavy (non-hydrogen) atoms. The van der Waals surface area contributed by atoms with Crippen LogP contribution in [0.2, 0.25) is 0 Å². The van der Waals surface area contributed by atoms with Crippen LogP contribution in [0.1, 0.15) is 22.3 Å². The van der Waals surface area contributed by atoms with Crippen LogP contribution in [0.3, 0.4) is 0 Å². The molecule has 2 aliphatic rings. The monoisotopic (exact) mass is 652 g/mol. The molecule has 2 nitrogen and oxygen atoms in total. The van der Waals surface area contributed by atoms with Crippen molar-refractivity contribution in [1.82, 2.24) is 9.97 Å². The molecule has 0 N–H and O–H groups in total. The molecule has 2 aliphatic carbocycles. The number of benzene rings is 7. The lowest BCUT2D eigenvalue weighted by molar-refractivity contribution is 0.794. The van der Waals surface area contributed by atoms with Crippen molar-refractivity contribution >= 4 is 31.5 Å². The number of thiophene rings is 1. The lowest BCUT2D eigenvalue weighted by atomic mass is 9.70. The Balaban J connectivity index is 1.24. The average Bonchev–Trinajstić information content (AvgIpc) is 3.82. The van der Waals surface area contributed by atoms with Gasteiger partial charge in [0.15, 0.2) is 5.82 Å². The quantitative estimate of drug-likeness (QED) is 0.190. The first-order valence-corrected chi connectivity index (χ1v) is 17.9. The zero-order valence-electron chi connectivity index (χ0n) is 27.0. The molecule has 2 aromatic heterocycles. The lowest BCUT2D eigenvalue weighted by Gasteiger charge is -2.30. The second-order valence-corrected chi connectivity index (χ2v) is 14.3. The minimum atomic E-state index is -0.468. The van der Waals surface area contributed by atoms with Crippen LogP contribution in [0, 0.1) is 0 Å². The summed E-state index contributed by atoms with van der Waals surface area (Å²) in [4.78, 5) is 10.6. The van der Waals surface area contributed by atoms with Crippen LogP contribution in [0.25, 0.3) is 76.3 Å². The largest absolute Gasteiger partial charge is 0.228 e. The fourth-order valence-corrected chi connectivity index (χ4v) is 9.87. The molecule has 3 heteroatoms. The molecule has 2 heterocycles. The highest BCUT2D eigenvalue weighted by molar-refractivity contribution is 7.26. The van der Waals surface area contributed by atoms with Crippen LogP contribution in [-0.2, 0) is 5.41 Å². The molecule has 0 bridgehead atoms. The number of hydrogen-bond donors (Lipinski definition) is 0. The SMILES string of the molecule is c1ccc(-c2cc(-c3ccccc3)nc(-c3cccc4c3-c3ccccc3C43c4ccccc4-c4c3ccc3sc5ccccc5c43)n2)cc1. The van der Waals surface area contributed by atoms with Gasteiger partial charge in [0.1, 0.15) is 0 Å². The standard InChI is InChI=1S/C47H28N2S/c1-3-14-29(15-4-1)39-28-40(30-16-5-2-6-17-30)49-46(48-39)34-21-13-24-37-43(34)31-18-7-10-22-35(31)47(37)36-23-11-8-19-32(36)44-38(47)26-27-42-45(44)33-20-9-12-25-41(33)50-42/h1-28H. The Hall–Kier alpha value is -6.16. The van der Waals surface area contributed by atoms with Crippen LogP contribution < -0.4 is 0 Å².